The zero-order valence-electron chi connectivity index (χ0n) is 11.4. The number of halogens is 1. The number of nitrogens with one attached hydrogen (secondary N) is 1. The van der Waals surface area contributed by atoms with Crippen LogP contribution in [0.5, 0.6) is 0 Å². The van der Waals surface area contributed by atoms with Gasteiger partial charge in [0.2, 0.25) is 0 Å². The smallest absolute Gasteiger partial charge is 0.0586 e. The van der Waals surface area contributed by atoms with E-state index in [1.54, 1.807) is 0 Å². The lowest BCUT2D eigenvalue weighted by molar-refractivity contribution is -0.0757. The van der Waals surface area contributed by atoms with Crippen LogP contribution in [-0.2, 0) is 10.2 Å². The molecular weight excluding hydrogens is 304 g/mol. The van der Waals surface area contributed by atoms with Crippen LogP contribution in [0.2, 0.25) is 0 Å². The van der Waals surface area contributed by atoms with Crippen molar-refractivity contribution < 1.29 is 4.74 Å². The predicted molar refractivity (Wildman–Crippen MR) is 80.5 cm³/mol. The largest absolute Gasteiger partial charge is 0.379 e. The molecule has 104 valence electrons. The number of likely N-dealkylation sites (N-methyl/N-ethyl adjacent to an activating group) is 1. The molecule has 19 heavy (non-hydrogen) atoms. The molecular formula is C15H21BrN2O. The summed E-state index contributed by atoms with van der Waals surface area (Å²) in [5, 5.41) is 3.51. The molecule has 1 atom stereocenters. The van der Waals surface area contributed by atoms with Crippen molar-refractivity contribution >= 4 is 15.9 Å². The van der Waals surface area contributed by atoms with E-state index in [4.69, 9.17) is 4.74 Å². The van der Waals surface area contributed by atoms with Gasteiger partial charge in [0.1, 0.15) is 0 Å². The average molecular weight is 325 g/mol. The van der Waals surface area contributed by atoms with Gasteiger partial charge in [-0.25, -0.2) is 0 Å². The van der Waals surface area contributed by atoms with Gasteiger partial charge in [0, 0.05) is 35.6 Å². The molecule has 3 rings (SSSR count). The van der Waals surface area contributed by atoms with E-state index in [-0.39, 0.29) is 5.41 Å². The Balaban J connectivity index is 1.81. The third-order valence-corrected chi connectivity index (χ3v) is 5.16. The minimum Gasteiger partial charge on any atom is -0.379 e. The van der Waals surface area contributed by atoms with Gasteiger partial charge in [-0.3, -0.25) is 0 Å². The van der Waals surface area contributed by atoms with Gasteiger partial charge >= 0.3 is 0 Å². The Kier molecular flexibility index (Phi) is 3.94. The SMILES string of the molecule is CN1CCNCC1CC1(c2ccccc2Br)COC1. The second-order valence-corrected chi connectivity index (χ2v) is 6.65. The lowest BCUT2D eigenvalue weighted by Crippen LogP contribution is -2.56. The van der Waals surface area contributed by atoms with Crippen LogP contribution in [0.3, 0.4) is 0 Å². The van der Waals surface area contributed by atoms with Crippen molar-refractivity contribution in [2.24, 2.45) is 0 Å². The molecule has 0 aromatic heterocycles. The molecule has 0 amide bonds. The van der Waals surface area contributed by atoms with Crippen LogP contribution in [0.25, 0.3) is 0 Å². The van der Waals surface area contributed by atoms with Crippen molar-refractivity contribution in [3.8, 4) is 0 Å². The van der Waals surface area contributed by atoms with Crippen molar-refractivity contribution in [1.82, 2.24) is 10.2 Å². The Bertz CT molecular complexity index is 448. The second-order valence-electron chi connectivity index (χ2n) is 5.80. The van der Waals surface area contributed by atoms with Crippen molar-refractivity contribution in [3.05, 3.63) is 34.3 Å². The van der Waals surface area contributed by atoms with Crippen LogP contribution in [0, 0.1) is 0 Å². The Morgan fingerprint density at radius 1 is 1.42 bits per heavy atom. The molecule has 0 bridgehead atoms. The van der Waals surface area contributed by atoms with E-state index in [1.165, 1.54) is 16.5 Å². The molecule has 0 aliphatic carbocycles. The van der Waals surface area contributed by atoms with E-state index in [2.05, 4.69) is 57.5 Å². The maximum absolute atomic E-state index is 5.56. The standard InChI is InChI=1S/C15H21BrN2O/c1-18-7-6-17-9-12(18)8-15(10-19-11-15)13-4-2-3-5-14(13)16/h2-5,12,17H,6-11H2,1H3. The maximum Gasteiger partial charge on any atom is 0.0586 e. The summed E-state index contributed by atoms with van der Waals surface area (Å²) < 4.78 is 6.78. The average Bonchev–Trinajstić information content (AvgIpc) is 2.37. The summed E-state index contributed by atoms with van der Waals surface area (Å²) in [6.45, 7) is 5.02. The molecule has 2 saturated heterocycles. The van der Waals surface area contributed by atoms with E-state index in [0.717, 1.165) is 32.8 Å². The van der Waals surface area contributed by atoms with Crippen LogP contribution in [0.4, 0.5) is 0 Å². The van der Waals surface area contributed by atoms with Crippen LogP contribution >= 0.6 is 15.9 Å². The van der Waals surface area contributed by atoms with Gasteiger partial charge in [-0.05, 0) is 25.1 Å². The molecule has 3 nitrogen and oxygen atoms in total. The summed E-state index contributed by atoms with van der Waals surface area (Å²) in [6, 6.07) is 9.18. The van der Waals surface area contributed by atoms with Crippen molar-refractivity contribution in [3.63, 3.8) is 0 Å². The van der Waals surface area contributed by atoms with Crippen molar-refractivity contribution in [2.75, 3.05) is 39.9 Å². The fourth-order valence-corrected chi connectivity index (χ4v) is 3.87. The molecule has 1 unspecified atom stereocenters. The summed E-state index contributed by atoms with van der Waals surface area (Å²) in [5.74, 6) is 0. The highest BCUT2D eigenvalue weighted by Gasteiger charge is 2.44. The lowest BCUT2D eigenvalue weighted by atomic mass is 9.73. The molecule has 1 N–H and O–H groups in total. The first kappa shape index (κ1) is 13.6. The number of ether oxygens (including phenoxy) is 1. The number of rotatable bonds is 3. The van der Waals surface area contributed by atoms with Crippen LogP contribution in [0.1, 0.15) is 12.0 Å². The van der Waals surface area contributed by atoms with E-state index in [9.17, 15) is 0 Å². The number of benzene rings is 1. The second kappa shape index (κ2) is 5.52. The summed E-state index contributed by atoms with van der Waals surface area (Å²) in [6.07, 6.45) is 1.17. The van der Waals surface area contributed by atoms with Crippen molar-refractivity contribution in [2.45, 2.75) is 17.9 Å². The van der Waals surface area contributed by atoms with E-state index < -0.39 is 0 Å². The first-order valence-electron chi connectivity index (χ1n) is 6.95. The lowest BCUT2D eigenvalue weighted by Gasteiger charge is -2.47. The molecule has 0 saturated carbocycles. The van der Waals surface area contributed by atoms with Crippen LogP contribution in [0.15, 0.2) is 28.7 Å². The number of hydrogen-bond acceptors (Lipinski definition) is 3. The van der Waals surface area contributed by atoms with Gasteiger partial charge in [-0.1, -0.05) is 34.1 Å². The zero-order chi connectivity index (χ0) is 13.3. The van der Waals surface area contributed by atoms with Gasteiger partial charge in [0.05, 0.1) is 13.2 Å². The summed E-state index contributed by atoms with van der Waals surface area (Å²) in [5.41, 5.74) is 1.60. The van der Waals surface area contributed by atoms with Gasteiger partial charge < -0.3 is 15.0 Å². The van der Waals surface area contributed by atoms with Crippen LogP contribution in [-0.4, -0.2) is 50.8 Å². The van der Waals surface area contributed by atoms with Gasteiger partial charge in [0.15, 0.2) is 0 Å². The van der Waals surface area contributed by atoms with Gasteiger partial charge in [-0.2, -0.15) is 0 Å². The molecule has 0 spiro atoms. The van der Waals surface area contributed by atoms with E-state index in [1.807, 2.05) is 0 Å². The van der Waals surface area contributed by atoms with E-state index >= 15 is 0 Å². The molecule has 1 aromatic rings. The topological polar surface area (TPSA) is 24.5 Å². The fourth-order valence-electron chi connectivity index (χ4n) is 3.16. The minimum atomic E-state index is 0.192. The molecule has 2 heterocycles. The first-order valence-corrected chi connectivity index (χ1v) is 7.74. The highest BCUT2D eigenvalue weighted by molar-refractivity contribution is 9.10. The minimum absolute atomic E-state index is 0.192. The Morgan fingerprint density at radius 2 is 2.21 bits per heavy atom. The summed E-state index contributed by atoms with van der Waals surface area (Å²) >= 11 is 3.70. The highest BCUT2D eigenvalue weighted by atomic mass is 79.9. The molecule has 1 aromatic carbocycles. The first-order chi connectivity index (χ1) is 9.21. The highest BCUT2D eigenvalue weighted by Crippen LogP contribution is 2.41. The van der Waals surface area contributed by atoms with E-state index in [0.29, 0.717) is 6.04 Å². The summed E-state index contributed by atoms with van der Waals surface area (Å²) in [4.78, 5) is 2.48. The Labute approximate surface area is 123 Å². The van der Waals surface area contributed by atoms with Crippen LogP contribution < -0.4 is 5.32 Å². The van der Waals surface area contributed by atoms with Gasteiger partial charge in [-0.15, -0.1) is 0 Å². The monoisotopic (exact) mass is 324 g/mol. The zero-order valence-corrected chi connectivity index (χ0v) is 12.9. The normalized spacial score (nSPS) is 26.9. The molecule has 4 heteroatoms. The molecule has 2 aliphatic rings. The Hall–Kier alpha value is -0.420. The predicted octanol–water partition coefficient (Wildman–Crippen LogP) is 2.01. The van der Waals surface area contributed by atoms with Gasteiger partial charge in [0.25, 0.3) is 0 Å². The number of nitrogens with zero attached hydrogens (tertiary/aromatic N) is 1. The molecule has 2 fully saturated rings. The third-order valence-electron chi connectivity index (χ3n) is 4.47. The maximum atomic E-state index is 5.56. The van der Waals surface area contributed by atoms with Crippen molar-refractivity contribution in [1.29, 1.82) is 0 Å². The Morgan fingerprint density at radius 3 is 2.84 bits per heavy atom. The third kappa shape index (κ3) is 2.59. The quantitative estimate of drug-likeness (QED) is 0.920. The number of piperazine rings is 1. The molecule has 2 aliphatic heterocycles. The molecule has 0 radical (unpaired) electrons. The fraction of sp³-hybridized carbons (Fsp3) is 0.600. The number of hydrogen-bond donors (Lipinski definition) is 1. The summed E-state index contributed by atoms with van der Waals surface area (Å²) in [7, 11) is 2.23.